The fraction of sp³-hybridized carbons (Fsp3) is 0.333. The predicted molar refractivity (Wildman–Crippen MR) is 65.5 cm³/mol. The van der Waals surface area contributed by atoms with Crippen LogP contribution in [0.25, 0.3) is 11.3 Å². The van der Waals surface area contributed by atoms with E-state index in [-0.39, 0.29) is 0 Å². The molecule has 0 spiro atoms. The van der Waals surface area contributed by atoms with Gasteiger partial charge in [0.15, 0.2) is 0 Å². The molecule has 0 saturated heterocycles. The van der Waals surface area contributed by atoms with E-state index in [1.54, 1.807) is 10.9 Å². The van der Waals surface area contributed by atoms with E-state index < -0.39 is 0 Å². The van der Waals surface area contributed by atoms with Crippen molar-refractivity contribution in [1.29, 1.82) is 0 Å². The molecule has 0 atom stereocenters. The van der Waals surface area contributed by atoms with E-state index in [0.717, 1.165) is 24.1 Å². The summed E-state index contributed by atoms with van der Waals surface area (Å²) in [5, 5.41) is 4.31. The molecule has 3 rings (SSSR count). The third kappa shape index (κ3) is 2.18. The van der Waals surface area contributed by atoms with E-state index in [9.17, 15) is 0 Å². The Labute approximate surface area is 101 Å². The van der Waals surface area contributed by atoms with Gasteiger partial charge in [-0.05, 0) is 24.4 Å². The molecule has 1 saturated carbocycles. The summed E-state index contributed by atoms with van der Waals surface area (Å²) in [6.07, 6.45) is 6.15. The standard InChI is InChI=1S/C12H12BN3O/c1-16-5-4-11(15-16)8-6-10(13)12(14-7-8)17-9-2-3-9/h4-7,9H,2-3H2,1H3. The van der Waals surface area contributed by atoms with E-state index >= 15 is 0 Å². The highest BCUT2D eigenvalue weighted by molar-refractivity contribution is 6.34. The molecule has 2 aromatic rings. The first kappa shape index (κ1) is 10.4. The van der Waals surface area contributed by atoms with Gasteiger partial charge in [-0.25, -0.2) is 4.98 Å². The predicted octanol–water partition coefficient (Wildman–Crippen LogP) is 0.817. The van der Waals surface area contributed by atoms with Gasteiger partial charge in [-0.3, -0.25) is 4.68 Å². The van der Waals surface area contributed by atoms with Crippen LogP contribution in [0, 0.1) is 0 Å². The molecular weight excluding hydrogens is 213 g/mol. The summed E-state index contributed by atoms with van der Waals surface area (Å²) in [6, 6.07) is 3.78. The Morgan fingerprint density at radius 1 is 1.47 bits per heavy atom. The summed E-state index contributed by atoms with van der Waals surface area (Å²) in [5.41, 5.74) is 2.34. The molecule has 0 aliphatic heterocycles. The smallest absolute Gasteiger partial charge is 0.206 e. The van der Waals surface area contributed by atoms with E-state index in [4.69, 9.17) is 12.6 Å². The highest BCUT2D eigenvalue weighted by atomic mass is 16.5. The molecule has 2 aromatic heterocycles. The summed E-state index contributed by atoms with van der Waals surface area (Å²) in [6.45, 7) is 0. The van der Waals surface area contributed by atoms with Crippen LogP contribution in [-0.2, 0) is 7.05 Å². The molecule has 4 nitrogen and oxygen atoms in total. The minimum Gasteiger partial charge on any atom is -0.475 e. The van der Waals surface area contributed by atoms with Crippen LogP contribution in [-0.4, -0.2) is 28.7 Å². The van der Waals surface area contributed by atoms with Crippen LogP contribution < -0.4 is 10.2 Å². The van der Waals surface area contributed by atoms with Gasteiger partial charge in [-0.15, -0.1) is 0 Å². The molecule has 84 valence electrons. The van der Waals surface area contributed by atoms with Crippen LogP contribution in [0.4, 0.5) is 0 Å². The van der Waals surface area contributed by atoms with Gasteiger partial charge in [0.25, 0.3) is 0 Å². The van der Waals surface area contributed by atoms with Crippen LogP contribution in [0.1, 0.15) is 12.8 Å². The van der Waals surface area contributed by atoms with Crippen molar-refractivity contribution in [3.8, 4) is 17.1 Å². The van der Waals surface area contributed by atoms with Gasteiger partial charge in [0.1, 0.15) is 14.0 Å². The third-order valence-electron chi connectivity index (χ3n) is 2.69. The van der Waals surface area contributed by atoms with Crippen molar-refractivity contribution in [3.63, 3.8) is 0 Å². The molecule has 0 aromatic carbocycles. The number of pyridine rings is 1. The van der Waals surface area contributed by atoms with Crippen LogP contribution in [0.15, 0.2) is 24.5 Å². The van der Waals surface area contributed by atoms with Crippen molar-refractivity contribution in [2.24, 2.45) is 7.05 Å². The lowest BCUT2D eigenvalue weighted by molar-refractivity contribution is 0.294. The molecule has 1 fully saturated rings. The van der Waals surface area contributed by atoms with Gasteiger partial charge >= 0.3 is 0 Å². The maximum absolute atomic E-state index is 5.92. The maximum atomic E-state index is 5.92. The summed E-state index contributed by atoms with van der Waals surface area (Å²) in [5.74, 6) is 0.534. The SMILES string of the molecule is [B]c1cc(-c2ccn(C)n2)cnc1OC1CC1. The molecule has 17 heavy (non-hydrogen) atoms. The van der Waals surface area contributed by atoms with Crippen molar-refractivity contribution in [1.82, 2.24) is 14.8 Å². The lowest BCUT2D eigenvalue weighted by Crippen LogP contribution is -2.12. The van der Waals surface area contributed by atoms with Crippen molar-refractivity contribution in [2.45, 2.75) is 18.9 Å². The molecule has 0 bridgehead atoms. The Balaban J connectivity index is 1.89. The molecule has 2 radical (unpaired) electrons. The van der Waals surface area contributed by atoms with Crippen molar-refractivity contribution in [3.05, 3.63) is 24.5 Å². The summed E-state index contributed by atoms with van der Waals surface area (Å²) in [7, 11) is 7.80. The normalized spacial score (nSPS) is 14.9. The second-order valence-electron chi connectivity index (χ2n) is 4.31. The molecule has 1 aliphatic carbocycles. The van der Waals surface area contributed by atoms with Crippen molar-refractivity contribution in [2.75, 3.05) is 0 Å². The number of hydrogen-bond donors (Lipinski definition) is 0. The minimum absolute atomic E-state index is 0.311. The first-order valence-electron chi connectivity index (χ1n) is 5.64. The Hall–Kier alpha value is -1.78. The topological polar surface area (TPSA) is 39.9 Å². The van der Waals surface area contributed by atoms with E-state index in [1.807, 2.05) is 25.4 Å². The van der Waals surface area contributed by atoms with Crippen LogP contribution in [0.3, 0.4) is 0 Å². The van der Waals surface area contributed by atoms with Gasteiger partial charge in [0.2, 0.25) is 5.88 Å². The summed E-state index contributed by atoms with van der Waals surface area (Å²) in [4.78, 5) is 4.25. The second kappa shape index (κ2) is 3.91. The third-order valence-corrected chi connectivity index (χ3v) is 2.69. The monoisotopic (exact) mass is 225 g/mol. The van der Waals surface area contributed by atoms with Crippen LogP contribution in [0.2, 0.25) is 0 Å². The quantitative estimate of drug-likeness (QED) is 0.726. The minimum atomic E-state index is 0.311. The average molecular weight is 225 g/mol. The Kier molecular flexibility index (Phi) is 2.39. The number of nitrogens with zero attached hydrogens (tertiary/aromatic N) is 3. The number of aromatic nitrogens is 3. The summed E-state index contributed by atoms with van der Waals surface area (Å²) >= 11 is 0. The second-order valence-corrected chi connectivity index (χ2v) is 4.31. The van der Waals surface area contributed by atoms with Gasteiger partial charge in [-0.1, -0.05) is 6.07 Å². The zero-order chi connectivity index (χ0) is 11.8. The molecule has 0 unspecified atom stereocenters. The molecular formula is C12H12BN3O. The van der Waals surface area contributed by atoms with Crippen molar-refractivity contribution >= 4 is 13.3 Å². The fourth-order valence-corrected chi connectivity index (χ4v) is 1.62. The highest BCUT2D eigenvalue weighted by Crippen LogP contribution is 2.25. The first-order valence-corrected chi connectivity index (χ1v) is 5.64. The molecule has 0 amide bonds. The highest BCUT2D eigenvalue weighted by Gasteiger charge is 2.24. The Morgan fingerprint density at radius 2 is 2.29 bits per heavy atom. The van der Waals surface area contributed by atoms with Crippen LogP contribution >= 0.6 is 0 Å². The molecule has 2 heterocycles. The molecule has 5 heteroatoms. The number of aryl methyl sites for hydroxylation is 1. The molecule has 0 N–H and O–H groups in total. The number of hydrogen-bond acceptors (Lipinski definition) is 3. The Bertz CT molecular complexity index is 548. The lowest BCUT2D eigenvalue weighted by atomic mass is 9.95. The largest absolute Gasteiger partial charge is 0.475 e. The zero-order valence-corrected chi connectivity index (χ0v) is 9.63. The van der Waals surface area contributed by atoms with Crippen LogP contribution in [0.5, 0.6) is 5.88 Å². The fourth-order valence-electron chi connectivity index (χ4n) is 1.62. The summed E-state index contributed by atoms with van der Waals surface area (Å²) < 4.78 is 7.34. The first-order chi connectivity index (χ1) is 8.22. The van der Waals surface area contributed by atoms with E-state index in [1.165, 1.54) is 0 Å². The zero-order valence-electron chi connectivity index (χ0n) is 9.63. The maximum Gasteiger partial charge on any atom is 0.206 e. The lowest BCUT2D eigenvalue weighted by Gasteiger charge is -2.07. The Morgan fingerprint density at radius 3 is 2.88 bits per heavy atom. The van der Waals surface area contributed by atoms with E-state index in [0.29, 0.717) is 17.4 Å². The van der Waals surface area contributed by atoms with E-state index in [2.05, 4.69) is 10.1 Å². The van der Waals surface area contributed by atoms with Gasteiger partial charge in [0, 0.05) is 25.0 Å². The van der Waals surface area contributed by atoms with Crippen molar-refractivity contribution < 1.29 is 4.74 Å². The van der Waals surface area contributed by atoms with Gasteiger partial charge in [-0.2, -0.15) is 5.10 Å². The van der Waals surface area contributed by atoms with Gasteiger partial charge < -0.3 is 4.74 Å². The van der Waals surface area contributed by atoms with Gasteiger partial charge in [0.05, 0.1) is 5.69 Å². The molecule has 1 aliphatic rings. The number of ether oxygens (including phenoxy) is 1. The average Bonchev–Trinajstić information content (AvgIpc) is 3.02. The number of rotatable bonds is 3.